The molecule has 20 aromatic rings. The SMILES string of the molecule is Cc1cc2cc(-c3cc(-c4ccccc4)cc(-c4ccccc4)c3)nc(N(C)C)c2cc1C.Cc1cc2cc(-c3cc(-c4ccccc4)cc(-c4ccccc4)c3)nc(N=C(N)N)c2cc1C.Cc1cc2cc(-c3cc(-c4ccccc4)cc(-c4ccccc4)c3)nc(Oc3ccccc3)c2cc1C.Cc1cc2cc(-c3cccc(-c4ccccc4)c3)nc(N(C)C)c2cc1C. The molecule has 10 nitrogen and oxygen atoms in total. The molecule has 4 heterocycles. The molecule has 4 aromatic heterocycles. The van der Waals surface area contributed by atoms with Crippen molar-refractivity contribution >= 4 is 66.5 Å². The van der Waals surface area contributed by atoms with Crippen LogP contribution < -0.4 is 26.0 Å². The van der Waals surface area contributed by atoms with Gasteiger partial charge < -0.3 is 26.0 Å². The van der Waals surface area contributed by atoms with Crippen LogP contribution in [-0.4, -0.2) is 54.1 Å². The molecule has 640 valence electrons. The normalized spacial score (nSPS) is 11.0. The van der Waals surface area contributed by atoms with Gasteiger partial charge in [-0.15, -0.1) is 0 Å². The zero-order valence-corrected chi connectivity index (χ0v) is 76.2. The van der Waals surface area contributed by atoms with E-state index in [1.54, 1.807) is 0 Å². The van der Waals surface area contributed by atoms with Crippen molar-refractivity contribution in [2.45, 2.75) is 55.4 Å². The third kappa shape index (κ3) is 20.1. The Morgan fingerprint density at radius 1 is 0.221 bits per heavy atom. The fraction of sp³-hybridized carbons (Fsp3) is 0.0992. The number of para-hydroxylation sites is 1. The summed E-state index contributed by atoms with van der Waals surface area (Å²) in [5.41, 5.74) is 46.0. The van der Waals surface area contributed by atoms with Gasteiger partial charge in [0.15, 0.2) is 11.8 Å². The summed E-state index contributed by atoms with van der Waals surface area (Å²) < 4.78 is 6.37. The molecule has 10 heteroatoms. The van der Waals surface area contributed by atoms with Crippen LogP contribution in [0.15, 0.2) is 399 Å². The largest absolute Gasteiger partial charge is 0.438 e. The first-order valence-electron chi connectivity index (χ1n) is 44.4. The molecule has 0 radical (unpaired) electrons. The summed E-state index contributed by atoms with van der Waals surface area (Å²) >= 11 is 0. The minimum atomic E-state index is -0.00723. The van der Waals surface area contributed by atoms with E-state index >= 15 is 0 Å². The Kier molecular flexibility index (Phi) is 25.9. The fourth-order valence-electron chi connectivity index (χ4n) is 16.8. The van der Waals surface area contributed by atoms with Crippen molar-refractivity contribution in [1.29, 1.82) is 0 Å². The Morgan fingerprint density at radius 2 is 0.458 bits per heavy atom. The van der Waals surface area contributed by atoms with Gasteiger partial charge in [-0.2, -0.15) is 4.99 Å². The van der Waals surface area contributed by atoms with Crippen LogP contribution in [0.3, 0.4) is 0 Å². The number of ether oxygens (including phenoxy) is 1. The van der Waals surface area contributed by atoms with Crippen LogP contribution in [0, 0.1) is 55.4 Å². The number of fused-ring (bicyclic) bond motifs is 4. The Labute approximate surface area is 769 Å². The van der Waals surface area contributed by atoms with Gasteiger partial charge in [-0.25, -0.2) is 19.9 Å². The monoisotopic (exact) mass is 1700 g/mol. The van der Waals surface area contributed by atoms with Crippen molar-refractivity contribution in [2.24, 2.45) is 16.5 Å². The number of guanidine groups is 1. The van der Waals surface area contributed by atoms with Crippen molar-refractivity contribution in [3.8, 4) is 135 Å². The average molecular weight is 1700 g/mol. The first-order chi connectivity index (χ1) is 63.6. The molecule has 0 atom stereocenters. The number of nitrogens with two attached hydrogens (primary N) is 2. The number of hydrogen-bond donors (Lipinski definition) is 2. The molecule has 0 spiro atoms. The van der Waals surface area contributed by atoms with Crippen LogP contribution in [0.1, 0.15) is 44.5 Å². The number of nitrogens with zero attached hydrogens (tertiary/aromatic N) is 7. The van der Waals surface area contributed by atoms with Crippen molar-refractivity contribution < 1.29 is 4.74 Å². The predicted octanol–water partition coefficient (Wildman–Crippen LogP) is 30.6. The number of pyridine rings is 4. The molecule has 0 fully saturated rings. The first-order valence-corrected chi connectivity index (χ1v) is 44.4. The minimum absolute atomic E-state index is 0.00723. The summed E-state index contributed by atoms with van der Waals surface area (Å²) in [6.45, 7) is 17.1. The highest BCUT2D eigenvalue weighted by Gasteiger charge is 2.20. The topological polar surface area (TPSA) is 132 Å². The average Bonchev–Trinajstić information content (AvgIpc) is 0.782. The lowest BCUT2D eigenvalue weighted by molar-refractivity contribution is 0.470. The van der Waals surface area contributed by atoms with E-state index in [0.29, 0.717) is 11.7 Å². The highest BCUT2D eigenvalue weighted by Crippen LogP contribution is 2.43. The summed E-state index contributed by atoms with van der Waals surface area (Å²) in [4.78, 5) is 28.7. The molecule has 0 saturated heterocycles. The standard InChI is InChI=1S/C35H27NO.C31H28N2.C30H26N4.C25H24N2/c1-24-18-30-23-34(36-35(33(30)19-25(24)2)37-32-16-10-5-11-17-32)31-21-28(26-12-6-3-7-13-26)20-29(22-31)27-14-8-4-9-15-27;1-21-15-27-20-30(32-31(33(3)4)29(27)16-22(21)2)28-18-25(23-11-7-5-8-12-23)17-26(19-28)24-13-9-6-10-14-24;1-19-13-25-18-28(33-29(34-30(31)32)27(25)14-20(19)2)26-16-23(21-9-5-3-6-10-21)15-24(17-26)22-11-7-4-8-12-22;1-17-13-22-16-24(26-25(27(3)4)23(22)14-18(17)2)21-12-8-11-20(15-21)19-9-6-5-7-10-19/h3-23H,1-2H3;5-20H,1-4H3;3-18H,1-2H3,(H4,31,32,33,34);5-16H,1-4H3. The Morgan fingerprint density at radius 3 is 0.786 bits per heavy atom. The first kappa shape index (κ1) is 86.9. The minimum Gasteiger partial charge on any atom is -0.438 e. The van der Waals surface area contributed by atoms with Crippen LogP contribution in [0.5, 0.6) is 11.6 Å². The summed E-state index contributed by atoms with van der Waals surface area (Å²) in [7, 11) is 8.25. The van der Waals surface area contributed by atoms with E-state index in [4.69, 9.17) is 36.1 Å². The Bertz CT molecular complexity index is 7380. The van der Waals surface area contributed by atoms with E-state index < -0.39 is 0 Å². The lowest BCUT2D eigenvalue weighted by atomic mass is 9.94. The molecule has 0 aliphatic carbocycles. The molecular formula is C121H105N9O. The van der Waals surface area contributed by atoms with Crippen molar-refractivity contribution in [1.82, 2.24) is 19.9 Å². The number of hydrogen-bond acceptors (Lipinski definition) is 8. The van der Waals surface area contributed by atoms with Crippen LogP contribution in [0.2, 0.25) is 0 Å². The zero-order chi connectivity index (χ0) is 90.8. The molecule has 0 amide bonds. The third-order valence-corrected chi connectivity index (χ3v) is 24.3. The maximum absolute atomic E-state index is 6.37. The molecule has 0 bridgehead atoms. The zero-order valence-electron chi connectivity index (χ0n) is 76.2. The third-order valence-electron chi connectivity index (χ3n) is 24.3. The molecule has 131 heavy (non-hydrogen) atoms. The van der Waals surface area contributed by atoms with Crippen molar-refractivity contribution in [3.05, 3.63) is 439 Å². The molecule has 20 rings (SSSR count). The van der Waals surface area contributed by atoms with E-state index in [0.717, 1.165) is 117 Å². The van der Waals surface area contributed by atoms with Crippen molar-refractivity contribution in [2.75, 3.05) is 38.0 Å². The summed E-state index contributed by atoms with van der Waals surface area (Å²) in [6, 6.07) is 138. The summed E-state index contributed by atoms with van der Waals surface area (Å²) in [5.74, 6) is 3.92. The number of aliphatic imine (C=N–C) groups is 1. The highest BCUT2D eigenvalue weighted by atomic mass is 16.5. The predicted molar refractivity (Wildman–Crippen MR) is 555 cm³/mol. The van der Waals surface area contributed by atoms with E-state index in [1.165, 1.54) is 111 Å². The maximum Gasteiger partial charge on any atom is 0.227 e. The van der Waals surface area contributed by atoms with Gasteiger partial charge in [0.25, 0.3) is 0 Å². The number of aryl methyl sites for hydroxylation is 8. The van der Waals surface area contributed by atoms with Gasteiger partial charge in [0.1, 0.15) is 17.4 Å². The molecular weight excluding hydrogens is 1600 g/mol. The second kappa shape index (κ2) is 39.0. The molecule has 0 aliphatic heterocycles. The van der Waals surface area contributed by atoms with Crippen LogP contribution in [-0.2, 0) is 0 Å². The van der Waals surface area contributed by atoms with Gasteiger partial charge in [-0.3, -0.25) is 0 Å². The van der Waals surface area contributed by atoms with Gasteiger partial charge in [0.05, 0.1) is 22.8 Å². The van der Waals surface area contributed by atoms with E-state index in [1.807, 2.05) is 60.7 Å². The van der Waals surface area contributed by atoms with Crippen LogP contribution in [0.4, 0.5) is 17.5 Å². The molecule has 0 unspecified atom stereocenters. The number of benzene rings is 16. The summed E-state index contributed by atoms with van der Waals surface area (Å²) in [5, 5.41) is 8.96. The van der Waals surface area contributed by atoms with Gasteiger partial charge in [-0.1, -0.05) is 273 Å². The highest BCUT2D eigenvalue weighted by molar-refractivity contribution is 6.01. The second-order valence-corrected chi connectivity index (χ2v) is 34.2. The fourth-order valence-corrected chi connectivity index (χ4v) is 16.8. The van der Waals surface area contributed by atoms with E-state index in [2.05, 4.69) is 432 Å². The van der Waals surface area contributed by atoms with Gasteiger partial charge in [-0.05, 0) is 321 Å². The van der Waals surface area contributed by atoms with E-state index in [-0.39, 0.29) is 5.96 Å². The summed E-state index contributed by atoms with van der Waals surface area (Å²) in [6.07, 6.45) is 0. The Balaban J connectivity index is 0.000000123. The second-order valence-electron chi connectivity index (χ2n) is 34.2. The number of aromatic nitrogens is 4. The van der Waals surface area contributed by atoms with Gasteiger partial charge in [0, 0.05) is 72.0 Å². The van der Waals surface area contributed by atoms with Gasteiger partial charge in [0.2, 0.25) is 5.88 Å². The number of anilines is 2. The Hall–Kier alpha value is -16.2. The lowest BCUT2D eigenvalue weighted by Crippen LogP contribution is -2.22. The lowest BCUT2D eigenvalue weighted by Gasteiger charge is -2.18. The molecule has 16 aromatic carbocycles. The van der Waals surface area contributed by atoms with E-state index in [9.17, 15) is 0 Å². The van der Waals surface area contributed by atoms with Crippen LogP contribution in [0.25, 0.3) is 166 Å². The molecule has 4 N–H and O–H groups in total. The van der Waals surface area contributed by atoms with Gasteiger partial charge >= 0.3 is 0 Å². The van der Waals surface area contributed by atoms with Crippen LogP contribution >= 0.6 is 0 Å². The maximum atomic E-state index is 6.37. The molecule has 0 aliphatic rings. The number of rotatable bonds is 16. The molecule has 0 saturated carbocycles. The van der Waals surface area contributed by atoms with Crippen molar-refractivity contribution in [3.63, 3.8) is 0 Å². The smallest absolute Gasteiger partial charge is 0.227 e. The quantitative estimate of drug-likeness (QED) is 0.0717.